The first-order chi connectivity index (χ1) is 14.7. The van der Waals surface area contributed by atoms with Crippen molar-refractivity contribution in [2.24, 2.45) is 5.92 Å². The lowest BCUT2D eigenvalue weighted by Gasteiger charge is -2.19. The van der Waals surface area contributed by atoms with Crippen LogP contribution < -0.4 is 10.6 Å². The Labute approximate surface area is 175 Å². The standard InChI is InChI=1S/C19H18F3N7O2/c1-29(10-19(20,21)22)17(30)9-26-13-4-12(6-24-14(13)5-23)15-7-27-16(8-25-15)28-18(31)11-2-3-11/h4,6-8,11,26H,2-3,9-10H2,1H3,(H,27,28,31). The number of alkyl halides is 3. The number of nitrogens with zero attached hydrogens (tertiary/aromatic N) is 5. The van der Waals surface area contributed by atoms with Gasteiger partial charge in [-0.05, 0) is 18.9 Å². The van der Waals surface area contributed by atoms with Crippen LogP contribution in [0.5, 0.6) is 0 Å². The molecule has 1 saturated carbocycles. The summed E-state index contributed by atoms with van der Waals surface area (Å²) in [7, 11) is 1.04. The van der Waals surface area contributed by atoms with Crippen LogP contribution >= 0.6 is 0 Å². The smallest absolute Gasteiger partial charge is 0.374 e. The van der Waals surface area contributed by atoms with Gasteiger partial charge in [-0.3, -0.25) is 14.6 Å². The highest BCUT2D eigenvalue weighted by molar-refractivity contribution is 5.93. The van der Waals surface area contributed by atoms with Gasteiger partial charge in [0.05, 0.1) is 30.3 Å². The summed E-state index contributed by atoms with van der Waals surface area (Å²) in [5.74, 6) is -0.578. The highest BCUT2D eigenvalue weighted by Gasteiger charge is 2.31. The molecule has 0 aromatic carbocycles. The van der Waals surface area contributed by atoms with Gasteiger partial charge >= 0.3 is 6.18 Å². The van der Waals surface area contributed by atoms with Gasteiger partial charge in [0.1, 0.15) is 12.6 Å². The molecule has 2 aromatic heterocycles. The number of carbonyl (C=O) groups is 2. The first-order valence-corrected chi connectivity index (χ1v) is 9.24. The summed E-state index contributed by atoms with van der Waals surface area (Å²) in [6.45, 7) is -1.83. The van der Waals surface area contributed by atoms with Crippen molar-refractivity contribution in [2.45, 2.75) is 19.0 Å². The highest BCUT2D eigenvalue weighted by atomic mass is 19.4. The second-order valence-electron chi connectivity index (χ2n) is 7.00. The molecule has 1 aliphatic carbocycles. The van der Waals surface area contributed by atoms with Crippen LogP contribution in [0, 0.1) is 17.2 Å². The molecule has 31 heavy (non-hydrogen) atoms. The molecule has 0 saturated heterocycles. The van der Waals surface area contributed by atoms with Crippen LogP contribution in [0.2, 0.25) is 0 Å². The predicted octanol–water partition coefficient (Wildman–Crippen LogP) is 2.19. The molecule has 2 amide bonds. The Morgan fingerprint density at radius 1 is 1.23 bits per heavy atom. The van der Waals surface area contributed by atoms with Gasteiger partial charge < -0.3 is 15.5 Å². The van der Waals surface area contributed by atoms with Crippen LogP contribution in [0.3, 0.4) is 0 Å². The molecule has 162 valence electrons. The molecule has 2 N–H and O–H groups in total. The summed E-state index contributed by atoms with van der Waals surface area (Å²) in [5, 5.41) is 14.5. The summed E-state index contributed by atoms with van der Waals surface area (Å²) in [6.07, 6.45) is 1.39. The molecule has 12 heteroatoms. The van der Waals surface area contributed by atoms with E-state index in [0.29, 0.717) is 22.0 Å². The van der Waals surface area contributed by atoms with Gasteiger partial charge in [-0.25, -0.2) is 9.97 Å². The summed E-state index contributed by atoms with van der Waals surface area (Å²) in [4.78, 5) is 36.6. The first kappa shape index (κ1) is 21.9. The number of nitriles is 1. The molecule has 3 rings (SSSR count). The van der Waals surface area contributed by atoms with Crippen LogP contribution in [0.1, 0.15) is 18.5 Å². The quantitative estimate of drug-likeness (QED) is 0.686. The Kier molecular flexibility index (Phi) is 6.33. The number of hydrogen-bond acceptors (Lipinski definition) is 7. The Morgan fingerprint density at radius 2 is 1.97 bits per heavy atom. The fraction of sp³-hybridized carbons (Fsp3) is 0.368. The van der Waals surface area contributed by atoms with Crippen molar-refractivity contribution >= 4 is 23.3 Å². The third-order valence-electron chi connectivity index (χ3n) is 4.41. The van der Waals surface area contributed by atoms with Crippen molar-refractivity contribution in [1.82, 2.24) is 19.9 Å². The molecule has 2 heterocycles. The van der Waals surface area contributed by atoms with E-state index in [-0.39, 0.29) is 23.2 Å². The van der Waals surface area contributed by atoms with Gasteiger partial charge in [0.15, 0.2) is 11.5 Å². The summed E-state index contributed by atoms with van der Waals surface area (Å²) >= 11 is 0. The summed E-state index contributed by atoms with van der Waals surface area (Å²) in [6, 6.07) is 3.35. The minimum atomic E-state index is -4.51. The zero-order valence-electron chi connectivity index (χ0n) is 16.4. The van der Waals surface area contributed by atoms with Crippen molar-refractivity contribution in [3.05, 3.63) is 30.4 Å². The van der Waals surface area contributed by atoms with Gasteiger partial charge in [0.25, 0.3) is 0 Å². The van der Waals surface area contributed by atoms with Crippen molar-refractivity contribution < 1.29 is 22.8 Å². The Balaban J connectivity index is 1.69. The molecule has 0 radical (unpaired) electrons. The molecule has 2 aromatic rings. The van der Waals surface area contributed by atoms with Crippen molar-refractivity contribution in [3.8, 4) is 17.3 Å². The minimum absolute atomic E-state index is 0.0238. The lowest BCUT2D eigenvalue weighted by molar-refractivity contribution is -0.157. The molecule has 0 atom stereocenters. The second kappa shape index (κ2) is 8.95. The average Bonchev–Trinajstić information content (AvgIpc) is 3.56. The normalized spacial score (nSPS) is 13.3. The van der Waals surface area contributed by atoms with Crippen LogP contribution in [0.25, 0.3) is 11.3 Å². The maximum atomic E-state index is 12.4. The molecule has 0 unspecified atom stereocenters. The SMILES string of the molecule is CN(CC(F)(F)F)C(=O)CNc1cc(-c2cnc(NC(=O)C3CC3)cn2)cnc1C#N. The van der Waals surface area contributed by atoms with Gasteiger partial charge in [-0.1, -0.05) is 0 Å². The van der Waals surface area contributed by atoms with E-state index in [1.54, 1.807) is 0 Å². The number of amides is 2. The zero-order chi connectivity index (χ0) is 22.6. The van der Waals surface area contributed by atoms with E-state index >= 15 is 0 Å². The fourth-order valence-electron chi connectivity index (χ4n) is 2.61. The van der Waals surface area contributed by atoms with E-state index in [2.05, 4.69) is 25.6 Å². The number of anilines is 2. The van der Waals surface area contributed by atoms with Gasteiger partial charge in [-0.2, -0.15) is 18.4 Å². The van der Waals surface area contributed by atoms with Gasteiger partial charge in [0.2, 0.25) is 11.8 Å². The second-order valence-corrected chi connectivity index (χ2v) is 7.00. The lowest BCUT2D eigenvalue weighted by atomic mass is 10.1. The van der Waals surface area contributed by atoms with E-state index in [4.69, 9.17) is 0 Å². The minimum Gasteiger partial charge on any atom is -0.374 e. The number of pyridine rings is 1. The monoisotopic (exact) mass is 433 g/mol. The van der Waals surface area contributed by atoms with E-state index in [9.17, 15) is 28.0 Å². The molecule has 1 aliphatic rings. The number of likely N-dealkylation sites (N-methyl/N-ethyl adjacent to an activating group) is 1. The largest absolute Gasteiger partial charge is 0.406 e. The molecule has 0 bridgehead atoms. The number of nitrogens with one attached hydrogen (secondary N) is 2. The Morgan fingerprint density at radius 3 is 2.55 bits per heavy atom. The van der Waals surface area contributed by atoms with Crippen molar-refractivity contribution in [2.75, 3.05) is 30.8 Å². The van der Waals surface area contributed by atoms with E-state index < -0.39 is 25.2 Å². The molecule has 1 fully saturated rings. The maximum Gasteiger partial charge on any atom is 0.406 e. The summed E-state index contributed by atoms with van der Waals surface area (Å²) in [5.41, 5.74) is 0.994. The lowest BCUT2D eigenvalue weighted by Crippen LogP contribution is -2.39. The predicted molar refractivity (Wildman–Crippen MR) is 104 cm³/mol. The van der Waals surface area contributed by atoms with E-state index in [1.807, 2.05) is 6.07 Å². The zero-order valence-corrected chi connectivity index (χ0v) is 16.4. The topological polar surface area (TPSA) is 124 Å². The molecule has 0 spiro atoms. The molecule has 9 nitrogen and oxygen atoms in total. The van der Waals surface area contributed by atoms with Crippen molar-refractivity contribution in [1.29, 1.82) is 5.26 Å². The average molecular weight is 433 g/mol. The highest BCUT2D eigenvalue weighted by Crippen LogP contribution is 2.30. The van der Waals surface area contributed by atoms with Crippen LogP contribution in [0.15, 0.2) is 24.7 Å². The molecular formula is C19H18F3N7O2. The van der Waals surface area contributed by atoms with E-state index in [1.165, 1.54) is 24.7 Å². The van der Waals surface area contributed by atoms with E-state index in [0.717, 1.165) is 19.9 Å². The third kappa shape index (κ3) is 6.11. The first-order valence-electron chi connectivity index (χ1n) is 9.24. The number of hydrogen-bond donors (Lipinski definition) is 2. The fourth-order valence-corrected chi connectivity index (χ4v) is 2.61. The Hall–Kier alpha value is -3.75. The van der Waals surface area contributed by atoms with Crippen LogP contribution in [-0.2, 0) is 9.59 Å². The van der Waals surface area contributed by atoms with Gasteiger partial charge in [-0.15, -0.1) is 0 Å². The van der Waals surface area contributed by atoms with Crippen molar-refractivity contribution in [3.63, 3.8) is 0 Å². The molecule has 0 aliphatic heterocycles. The van der Waals surface area contributed by atoms with Crippen LogP contribution in [-0.4, -0.2) is 58.0 Å². The van der Waals surface area contributed by atoms with Gasteiger partial charge in [0, 0.05) is 24.7 Å². The van der Waals surface area contributed by atoms with Crippen LogP contribution in [0.4, 0.5) is 24.7 Å². The number of halogens is 3. The number of rotatable bonds is 7. The third-order valence-corrected chi connectivity index (χ3v) is 4.41. The Bertz CT molecular complexity index is 1010. The summed E-state index contributed by atoms with van der Waals surface area (Å²) < 4.78 is 37.3. The number of carbonyl (C=O) groups excluding carboxylic acids is 2. The maximum absolute atomic E-state index is 12.4. The molecular weight excluding hydrogens is 415 g/mol. The number of aromatic nitrogens is 3.